The van der Waals surface area contributed by atoms with E-state index in [0.29, 0.717) is 0 Å². The molecule has 2 N–H and O–H groups in total. The molecule has 10 heteroatoms. The van der Waals surface area contributed by atoms with E-state index in [-0.39, 0.29) is 55.8 Å². The van der Waals surface area contributed by atoms with Crippen molar-refractivity contribution in [3.8, 4) is 0 Å². The third-order valence-corrected chi connectivity index (χ3v) is 0. The Morgan fingerprint density at radius 2 is 1.20 bits per heavy atom. The summed E-state index contributed by atoms with van der Waals surface area (Å²) < 4.78 is 34.8. The van der Waals surface area contributed by atoms with Crippen molar-refractivity contribution >= 4 is 63.7 Å². The average molecular weight is 300 g/mol. The molecule has 0 fully saturated rings. The smallest absolute Gasteiger partial charge is 0 e. The Morgan fingerprint density at radius 1 is 1.20 bits per heavy atom. The first-order valence-corrected chi connectivity index (χ1v) is 3.02. The average Bonchev–Trinajstić information content (AvgIpc) is 1.27. The van der Waals surface area contributed by atoms with Crippen molar-refractivity contribution in [2.75, 3.05) is 0 Å². The van der Waals surface area contributed by atoms with Crippen molar-refractivity contribution in [1.29, 1.82) is 0 Å². The van der Waals surface area contributed by atoms with Crippen LogP contribution in [-0.2, 0) is 40.4 Å². The molecule has 0 amide bonds. The molecule has 0 spiro atoms. The Labute approximate surface area is 110 Å². The van der Waals surface area contributed by atoms with E-state index < -0.39 is 10.4 Å². The molecule has 0 aliphatic carbocycles. The van der Waals surface area contributed by atoms with Crippen LogP contribution >= 0.6 is 23.7 Å². The molecule has 10 heavy (non-hydrogen) atoms. The van der Waals surface area contributed by atoms with Gasteiger partial charge in [0.25, 0.3) is 0 Å². The van der Waals surface area contributed by atoms with Crippen LogP contribution in [0.15, 0.2) is 0 Å². The summed E-state index contributed by atoms with van der Waals surface area (Å²) in [4.78, 5) is 0. The first-order chi connectivity index (χ1) is 3.41. The van der Waals surface area contributed by atoms with Gasteiger partial charge in [-0.15, -0.1) is 0 Å². The summed E-state index contributed by atoms with van der Waals surface area (Å²) in [5, 5.41) is 0. The molecule has 0 aromatic heterocycles. The molecule has 0 saturated carbocycles. The van der Waals surface area contributed by atoms with E-state index in [1.165, 1.54) is 0 Å². The van der Waals surface area contributed by atoms with Crippen molar-refractivity contribution in [2.24, 2.45) is 0 Å². The molecule has 0 aromatic carbocycles. The van der Waals surface area contributed by atoms with E-state index in [1.807, 2.05) is 0 Å². The molecular formula is H3Cl2NaO5SZr. The van der Waals surface area contributed by atoms with Gasteiger partial charge in [0.05, 0.1) is 23.7 Å². The van der Waals surface area contributed by atoms with Crippen LogP contribution in [0.3, 0.4) is 0 Å². The van der Waals surface area contributed by atoms with Gasteiger partial charge in [0.2, 0.25) is 0 Å². The molecule has 0 rings (SSSR count). The summed E-state index contributed by atoms with van der Waals surface area (Å²) in [7, 11) is -4.67. The number of hydrogen-bond donors (Lipinski definition) is 2. The van der Waals surface area contributed by atoms with Crippen LogP contribution in [0.1, 0.15) is 0 Å². The molecule has 58 valence electrons. The fourth-order valence-electron chi connectivity index (χ4n) is 0. The van der Waals surface area contributed by atoms with E-state index in [9.17, 15) is 0 Å². The summed E-state index contributed by atoms with van der Waals surface area (Å²) in [6, 6.07) is 0. The summed E-state index contributed by atoms with van der Waals surface area (Å²) >= 11 is 8.53. The Balaban J connectivity index is -0.0000000326. The SMILES string of the molecule is ClOCl.O=S(=O)(O)O.[NaH].[Zr]. The minimum Gasteiger partial charge on any atom is 0 e. The molecule has 0 aliphatic rings. The van der Waals surface area contributed by atoms with Crippen LogP contribution in [-0.4, -0.2) is 47.1 Å². The van der Waals surface area contributed by atoms with Crippen molar-refractivity contribution in [3.63, 3.8) is 0 Å². The summed E-state index contributed by atoms with van der Waals surface area (Å²) in [6.07, 6.45) is 0. The Hall–Kier alpha value is 2.29. The minimum atomic E-state index is -4.67. The molecular weight excluding hydrogens is 297 g/mol. The van der Waals surface area contributed by atoms with Crippen LogP contribution in [0, 0.1) is 0 Å². The van der Waals surface area contributed by atoms with E-state index in [4.69, 9.17) is 17.5 Å². The van der Waals surface area contributed by atoms with Crippen LogP contribution in [0.5, 0.6) is 0 Å². The normalized spacial score (nSPS) is 7.60. The topological polar surface area (TPSA) is 83.8 Å². The van der Waals surface area contributed by atoms with Gasteiger partial charge in [-0.2, -0.15) is 12.3 Å². The molecule has 0 atom stereocenters. The number of rotatable bonds is 0. The standard InChI is InChI=1S/Cl2O.Na.H2O4S.Zr.H/c1-3-2;;1-5(2,3)4;;/h;;(H2,1,2,3,4);;. The number of hydrogen-bond acceptors (Lipinski definition) is 3. The van der Waals surface area contributed by atoms with Gasteiger partial charge in [0.15, 0.2) is 0 Å². The third-order valence-electron chi connectivity index (χ3n) is 0. The zero-order valence-corrected chi connectivity index (χ0v) is 8.57. The summed E-state index contributed by atoms with van der Waals surface area (Å²) in [5.74, 6) is 0. The molecule has 0 aromatic rings. The first-order valence-electron chi connectivity index (χ1n) is 1.01. The van der Waals surface area contributed by atoms with Crippen molar-refractivity contribution in [1.82, 2.24) is 0 Å². The maximum atomic E-state index is 8.74. The van der Waals surface area contributed by atoms with Gasteiger partial charge in [-0.05, 0) is 0 Å². The largest absolute Gasteiger partial charge is 0 e. The van der Waals surface area contributed by atoms with Gasteiger partial charge in [0, 0.05) is 26.2 Å². The Kier molecular flexibility index (Phi) is 31.6. The zero-order valence-electron chi connectivity index (χ0n) is 3.78. The first kappa shape index (κ1) is 22.8. The molecule has 5 nitrogen and oxygen atoms in total. The molecule has 0 heterocycles. The predicted molar refractivity (Wildman–Crippen MR) is 34.1 cm³/mol. The van der Waals surface area contributed by atoms with Crippen LogP contribution in [0.25, 0.3) is 0 Å². The van der Waals surface area contributed by atoms with Crippen molar-refractivity contribution < 1.29 is 47.6 Å². The minimum absolute atomic E-state index is 0. The van der Waals surface area contributed by atoms with Crippen LogP contribution in [0.4, 0.5) is 0 Å². The second-order valence-corrected chi connectivity index (χ2v) is 1.87. The Bertz CT molecular complexity index is 114. The maximum Gasteiger partial charge on any atom is 0 e. The maximum absolute atomic E-state index is 8.74. The molecule has 0 radical (unpaired) electrons. The number of halogens is 2. The third kappa shape index (κ3) is 169. The van der Waals surface area contributed by atoms with Crippen molar-refractivity contribution in [3.05, 3.63) is 0 Å². The van der Waals surface area contributed by atoms with E-state index >= 15 is 0 Å². The fraction of sp³-hybridized carbons (Fsp3) is 0. The molecule has 0 saturated heterocycles. The summed E-state index contributed by atoms with van der Waals surface area (Å²) in [6.45, 7) is 0. The monoisotopic (exact) mass is 298 g/mol. The van der Waals surface area contributed by atoms with Gasteiger partial charge in [0.1, 0.15) is 0 Å². The van der Waals surface area contributed by atoms with Crippen LogP contribution < -0.4 is 0 Å². The zero-order chi connectivity index (χ0) is 7.21. The second-order valence-electron chi connectivity index (χ2n) is 0.506. The van der Waals surface area contributed by atoms with Gasteiger partial charge >= 0.3 is 40.0 Å². The van der Waals surface area contributed by atoms with Gasteiger partial charge in [-0.25, -0.2) is 0 Å². The molecule has 0 unspecified atom stereocenters. The van der Waals surface area contributed by atoms with Gasteiger partial charge in [-0.3, -0.25) is 9.11 Å². The van der Waals surface area contributed by atoms with E-state index in [2.05, 4.69) is 27.6 Å². The summed E-state index contributed by atoms with van der Waals surface area (Å²) in [5.41, 5.74) is 0. The van der Waals surface area contributed by atoms with Gasteiger partial charge < -0.3 is 0 Å². The quantitative estimate of drug-likeness (QED) is 0.486. The molecule has 0 bridgehead atoms. The molecule has 0 aliphatic heterocycles. The van der Waals surface area contributed by atoms with Crippen molar-refractivity contribution in [2.45, 2.75) is 0 Å². The Morgan fingerprint density at radius 3 is 1.20 bits per heavy atom. The van der Waals surface area contributed by atoms with E-state index in [1.54, 1.807) is 0 Å². The predicted octanol–water partition coefficient (Wildman–Crippen LogP) is 0.00680. The van der Waals surface area contributed by atoms with Crippen LogP contribution in [0.2, 0.25) is 0 Å². The van der Waals surface area contributed by atoms with E-state index in [0.717, 1.165) is 0 Å². The second kappa shape index (κ2) is 13.9. The fourth-order valence-corrected chi connectivity index (χ4v) is 0. The van der Waals surface area contributed by atoms with Gasteiger partial charge in [-0.1, -0.05) is 0 Å².